The topological polar surface area (TPSA) is 35.6 Å². The monoisotopic (exact) mass is 401 g/mol. The quantitative estimate of drug-likeness (QED) is 0.667. The third-order valence-corrected chi connectivity index (χ3v) is 7.41. The minimum atomic E-state index is -0.151. The molecule has 2 heterocycles. The number of hydrogen-bond acceptors (Lipinski definition) is 3. The van der Waals surface area contributed by atoms with Crippen molar-refractivity contribution in [2.75, 3.05) is 26.2 Å². The minimum absolute atomic E-state index is 0.151. The van der Waals surface area contributed by atoms with E-state index < -0.39 is 0 Å². The molecule has 29 heavy (non-hydrogen) atoms. The number of nitrogens with zero attached hydrogens (tertiary/aromatic N) is 2. The summed E-state index contributed by atoms with van der Waals surface area (Å²) in [5.41, 5.74) is 0.932. The molecule has 1 atom stereocenters. The van der Waals surface area contributed by atoms with Crippen molar-refractivity contribution < 1.29 is 9.18 Å². The summed E-state index contributed by atoms with van der Waals surface area (Å²) in [7, 11) is 0. The van der Waals surface area contributed by atoms with Gasteiger partial charge in [0.15, 0.2) is 0 Å². The predicted octanol–water partition coefficient (Wildman–Crippen LogP) is 4.10. The van der Waals surface area contributed by atoms with E-state index in [0.29, 0.717) is 30.5 Å². The van der Waals surface area contributed by atoms with E-state index in [4.69, 9.17) is 0 Å². The number of hydrogen-bond donors (Lipinski definition) is 1. The Bertz CT molecular complexity index is 682. The Balaban J connectivity index is 1.33. The number of benzene rings is 1. The highest BCUT2D eigenvalue weighted by atomic mass is 19.1. The van der Waals surface area contributed by atoms with Gasteiger partial charge >= 0.3 is 0 Å². The Kier molecular flexibility index (Phi) is 6.86. The molecular formula is C24H36FN3O. The van der Waals surface area contributed by atoms with Crippen LogP contribution in [-0.2, 0) is 11.3 Å². The van der Waals surface area contributed by atoms with Crippen LogP contribution < -0.4 is 5.32 Å². The summed E-state index contributed by atoms with van der Waals surface area (Å²) >= 11 is 0. The molecule has 1 aromatic rings. The van der Waals surface area contributed by atoms with Crippen LogP contribution in [0.3, 0.4) is 0 Å². The van der Waals surface area contributed by atoms with Gasteiger partial charge in [-0.05, 0) is 64.2 Å². The van der Waals surface area contributed by atoms with Gasteiger partial charge in [-0.25, -0.2) is 4.39 Å². The SMILES string of the molecule is O=C1CC[C@H](CCNCc2ccccc2F)N1CC1(N2CCCCC2)CCCC1. The number of likely N-dealkylation sites (tertiary alicyclic amines) is 2. The van der Waals surface area contributed by atoms with Crippen LogP contribution in [0.4, 0.5) is 4.39 Å². The van der Waals surface area contributed by atoms with E-state index in [1.54, 1.807) is 6.07 Å². The van der Waals surface area contributed by atoms with E-state index in [1.165, 1.54) is 64.1 Å². The zero-order valence-electron chi connectivity index (χ0n) is 17.7. The highest BCUT2D eigenvalue weighted by Gasteiger charge is 2.44. The van der Waals surface area contributed by atoms with E-state index in [9.17, 15) is 9.18 Å². The minimum Gasteiger partial charge on any atom is -0.338 e. The summed E-state index contributed by atoms with van der Waals surface area (Å²) in [5.74, 6) is 0.190. The summed E-state index contributed by atoms with van der Waals surface area (Å²) in [5, 5.41) is 3.38. The van der Waals surface area contributed by atoms with E-state index in [2.05, 4.69) is 15.1 Å². The molecule has 4 nitrogen and oxygen atoms in total. The van der Waals surface area contributed by atoms with Crippen molar-refractivity contribution >= 4 is 5.91 Å². The van der Waals surface area contributed by atoms with Gasteiger partial charge in [0, 0.05) is 36.7 Å². The summed E-state index contributed by atoms with van der Waals surface area (Å²) < 4.78 is 13.8. The van der Waals surface area contributed by atoms with Gasteiger partial charge in [0.2, 0.25) is 5.91 Å². The molecule has 0 radical (unpaired) electrons. The summed E-state index contributed by atoms with van der Waals surface area (Å²) in [6.45, 7) is 4.70. The van der Waals surface area contributed by atoms with Crippen LogP contribution in [-0.4, -0.2) is 53.5 Å². The normalized spacial score (nSPS) is 25.1. The molecule has 3 aliphatic rings. The average molecular weight is 402 g/mol. The van der Waals surface area contributed by atoms with Gasteiger partial charge in [-0.3, -0.25) is 9.69 Å². The second-order valence-corrected chi connectivity index (χ2v) is 9.25. The van der Waals surface area contributed by atoms with Crippen LogP contribution in [0.1, 0.15) is 69.8 Å². The number of amides is 1. The Morgan fingerprint density at radius 3 is 2.59 bits per heavy atom. The standard InChI is InChI=1S/C24H36FN3O/c25-22-9-3-2-8-20(22)18-26-15-12-21-10-11-23(29)28(21)19-24(13-4-5-14-24)27-16-6-1-7-17-27/h2-3,8-9,21,26H,1,4-7,10-19H2/t21-/m1/s1. The molecule has 1 N–H and O–H groups in total. The fourth-order valence-electron chi connectivity index (χ4n) is 5.74. The molecule has 1 amide bonds. The first-order valence-corrected chi connectivity index (χ1v) is 11.7. The molecule has 3 fully saturated rings. The Morgan fingerprint density at radius 2 is 1.83 bits per heavy atom. The Hall–Kier alpha value is -1.46. The van der Waals surface area contributed by atoms with E-state index in [-0.39, 0.29) is 11.4 Å². The van der Waals surface area contributed by atoms with E-state index in [0.717, 1.165) is 25.9 Å². The lowest BCUT2D eigenvalue weighted by atomic mass is 9.91. The first-order valence-electron chi connectivity index (χ1n) is 11.7. The third kappa shape index (κ3) is 4.83. The maximum absolute atomic E-state index is 13.8. The number of piperidine rings is 1. The molecule has 0 aromatic heterocycles. The van der Waals surface area contributed by atoms with Crippen molar-refractivity contribution in [2.45, 2.75) is 82.3 Å². The summed E-state index contributed by atoms with van der Waals surface area (Å²) in [6.07, 6.45) is 11.7. The van der Waals surface area contributed by atoms with Crippen molar-refractivity contribution in [1.29, 1.82) is 0 Å². The fourth-order valence-corrected chi connectivity index (χ4v) is 5.74. The van der Waals surface area contributed by atoms with Gasteiger partial charge in [0.1, 0.15) is 5.82 Å². The van der Waals surface area contributed by atoms with E-state index in [1.807, 2.05) is 12.1 Å². The van der Waals surface area contributed by atoms with Gasteiger partial charge in [-0.15, -0.1) is 0 Å². The lowest BCUT2D eigenvalue weighted by Gasteiger charge is -2.46. The Morgan fingerprint density at radius 1 is 1.07 bits per heavy atom. The molecule has 2 saturated heterocycles. The van der Waals surface area contributed by atoms with Crippen LogP contribution in [0, 0.1) is 5.82 Å². The van der Waals surface area contributed by atoms with E-state index >= 15 is 0 Å². The predicted molar refractivity (Wildman–Crippen MR) is 114 cm³/mol. The zero-order valence-corrected chi connectivity index (χ0v) is 17.7. The second-order valence-electron chi connectivity index (χ2n) is 9.25. The first kappa shape index (κ1) is 20.8. The molecule has 0 unspecified atom stereocenters. The highest BCUT2D eigenvalue weighted by molar-refractivity contribution is 5.78. The van der Waals surface area contributed by atoms with Crippen molar-refractivity contribution in [2.24, 2.45) is 0 Å². The summed E-state index contributed by atoms with van der Waals surface area (Å²) in [4.78, 5) is 17.7. The van der Waals surface area contributed by atoms with Gasteiger partial charge in [0.25, 0.3) is 0 Å². The molecule has 0 spiro atoms. The number of carbonyl (C=O) groups excluding carboxylic acids is 1. The molecule has 0 bridgehead atoms. The number of rotatable bonds is 8. The maximum Gasteiger partial charge on any atom is 0.222 e. The van der Waals surface area contributed by atoms with Gasteiger partial charge in [-0.1, -0.05) is 37.5 Å². The Labute approximate surface area is 174 Å². The molecule has 4 rings (SSSR count). The number of carbonyl (C=O) groups is 1. The fraction of sp³-hybridized carbons (Fsp3) is 0.708. The lowest BCUT2D eigenvalue weighted by Crippen LogP contribution is -2.57. The first-order chi connectivity index (χ1) is 14.2. The second kappa shape index (κ2) is 9.57. The molecule has 2 aliphatic heterocycles. The smallest absolute Gasteiger partial charge is 0.222 e. The van der Waals surface area contributed by atoms with Crippen LogP contribution in [0.5, 0.6) is 0 Å². The molecule has 1 saturated carbocycles. The van der Waals surface area contributed by atoms with Gasteiger partial charge < -0.3 is 10.2 Å². The molecule has 1 aromatic carbocycles. The van der Waals surface area contributed by atoms with Crippen molar-refractivity contribution in [1.82, 2.24) is 15.1 Å². The number of nitrogens with one attached hydrogen (secondary N) is 1. The molecule has 1 aliphatic carbocycles. The largest absolute Gasteiger partial charge is 0.338 e. The zero-order chi connectivity index (χ0) is 20.1. The maximum atomic E-state index is 13.8. The van der Waals surface area contributed by atoms with Gasteiger partial charge in [-0.2, -0.15) is 0 Å². The molecule has 160 valence electrons. The van der Waals surface area contributed by atoms with Crippen LogP contribution in [0.2, 0.25) is 0 Å². The van der Waals surface area contributed by atoms with Crippen LogP contribution in [0.15, 0.2) is 24.3 Å². The van der Waals surface area contributed by atoms with Gasteiger partial charge in [0.05, 0.1) is 0 Å². The van der Waals surface area contributed by atoms with Crippen LogP contribution in [0.25, 0.3) is 0 Å². The highest BCUT2D eigenvalue weighted by Crippen LogP contribution is 2.39. The third-order valence-electron chi connectivity index (χ3n) is 7.41. The number of halogens is 1. The van der Waals surface area contributed by atoms with Crippen molar-refractivity contribution in [3.05, 3.63) is 35.6 Å². The molecule has 5 heteroatoms. The summed E-state index contributed by atoms with van der Waals surface area (Å²) in [6, 6.07) is 7.27. The van der Waals surface area contributed by atoms with Crippen LogP contribution >= 0.6 is 0 Å². The van der Waals surface area contributed by atoms with Crippen molar-refractivity contribution in [3.63, 3.8) is 0 Å². The lowest BCUT2D eigenvalue weighted by molar-refractivity contribution is -0.131. The van der Waals surface area contributed by atoms with Crippen molar-refractivity contribution in [3.8, 4) is 0 Å². The average Bonchev–Trinajstić information content (AvgIpc) is 3.36. The molecular weight excluding hydrogens is 365 g/mol.